The molecular formula is C31H37FN6. The van der Waals surface area contributed by atoms with Gasteiger partial charge < -0.3 is 9.80 Å². The summed E-state index contributed by atoms with van der Waals surface area (Å²) in [5, 5.41) is 17.5. The molecule has 1 saturated carbocycles. The van der Waals surface area contributed by atoms with E-state index in [1.807, 2.05) is 29.1 Å². The normalized spacial score (nSPS) is 21.2. The highest BCUT2D eigenvalue weighted by molar-refractivity contribution is 5.51. The van der Waals surface area contributed by atoms with Crippen LogP contribution in [0.5, 0.6) is 0 Å². The molecule has 1 atom stereocenters. The molecule has 0 N–H and O–H groups in total. The summed E-state index contributed by atoms with van der Waals surface area (Å²) in [6, 6.07) is 17.5. The van der Waals surface area contributed by atoms with E-state index in [4.69, 9.17) is 5.26 Å². The van der Waals surface area contributed by atoms with Crippen molar-refractivity contribution in [3.63, 3.8) is 0 Å². The van der Waals surface area contributed by atoms with E-state index in [2.05, 4.69) is 44.4 Å². The van der Waals surface area contributed by atoms with Crippen molar-refractivity contribution in [3.05, 3.63) is 77.9 Å². The number of likely N-dealkylation sites (tertiary alicyclic amines) is 1. The molecule has 0 amide bonds. The zero-order valence-electron chi connectivity index (χ0n) is 22.1. The summed E-state index contributed by atoms with van der Waals surface area (Å²) in [6.07, 6.45) is 10.9. The van der Waals surface area contributed by atoms with Gasteiger partial charge in [0.05, 0.1) is 24.4 Å². The van der Waals surface area contributed by atoms with E-state index in [0.29, 0.717) is 23.3 Å². The molecule has 3 aliphatic rings. The summed E-state index contributed by atoms with van der Waals surface area (Å²) >= 11 is 0. The second kappa shape index (κ2) is 10.9. The maximum atomic E-state index is 14.6. The van der Waals surface area contributed by atoms with Crippen molar-refractivity contribution in [2.75, 3.05) is 37.6 Å². The maximum Gasteiger partial charge on any atom is 0.123 e. The number of benzene rings is 2. The Labute approximate surface area is 225 Å². The minimum absolute atomic E-state index is 0.124. The van der Waals surface area contributed by atoms with Crippen molar-refractivity contribution in [2.24, 2.45) is 17.8 Å². The quantitative estimate of drug-likeness (QED) is 0.412. The van der Waals surface area contributed by atoms with Crippen molar-refractivity contribution in [3.8, 4) is 6.07 Å². The highest BCUT2D eigenvalue weighted by atomic mass is 19.1. The minimum Gasteiger partial charge on any atom is -0.371 e. The fraction of sp³-hybridized carbons (Fsp3) is 0.516. The van der Waals surface area contributed by atoms with E-state index < -0.39 is 0 Å². The summed E-state index contributed by atoms with van der Waals surface area (Å²) < 4.78 is 16.6. The van der Waals surface area contributed by atoms with Gasteiger partial charge in [-0.2, -0.15) is 5.26 Å². The first-order valence-corrected chi connectivity index (χ1v) is 14.2. The summed E-state index contributed by atoms with van der Waals surface area (Å²) in [7, 11) is 0. The molecule has 6 rings (SSSR count). The fourth-order valence-corrected chi connectivity index (χ4v) is 7.60. The Morgan fingerprint density at radius 2 is 1.71 bits per heavy atom. The molecule has 0 spiro atoms. The monoisotopic (exact) mass is 512 g/mol. The second-order valence-electron chi connectivity index (χ2n) is 11.6. The number of nitrogens with zero attached hydrogens (tertiary/aromatic N) is 6. The minimum atomic E-state index is -0.141. The Bertz CT molecular complexity index is 1230. The van der Waals surface area contributed by atoms with E-state index >= 15 is 0 Å². The lowest BCUT2D eigenvalue weighted by Crippen LogP contribution is -2.54. The van der Waals surface area contributed by atoms with E-state index in [-0.39, 0.29) is 11.2 Å². The Balaban J connectivity index is 1.15. The molecule has 1 aliphatic carbocycles. The zero-order valence-corrected chi connectivity index (χ0v) is 22.1. The van der Waals surface area contributed by atoms with Gasteiger partial charge in [-0.15, -0.1) is 5.10 Å². The van der Waals surface area contributed by atoms with Gasteiger partial charge in [0.25, 0.3) is 0 Å². The number of hydrogen-bond acceptors (Lipinski definition) is 5. The van der Waals surface area contributed by atoms with Crippen LogP contribution in [0.2, 0.25) is 0 Å². The topological polar surface area (TPSA) is 61.0 Å². The number of halogens is 1. The average molecular weight is 513 g/mol. The van der Waals surface area contributed by atoms with Crippen LogP contribution >= 0.6 is 0 Å². The lowest BCUT2D eigenvalue weighted by atomic mass is 9.59. The van der Waals surface area contributed by atoms with Crippen LogP contribution in [0, 0.1) is 34.9 Å². The van der Waals surface area contributed by atoms with Crippen LogP contribution in [0.1, 0.15) is 49.7 Å². The van der Waals surface area contributed by atoms with Crippen LogP contribution in [-0.4, -0.2) is 52.6 Å². The number of hydrogen-bond donors (Lipinski definition) is 0. The number of piperidine rings is 1. The molecule has 7 heteroatoms. The van der Waals surface area contributed by atoms with Crippen LogP contribution in [0.25, 0.3) is 0 Å². The van der Waals surface area contributed by atoms with Crippen LogP contribution in [-0.2, 0) is 12.0 Å². The van der Waals surface area contributed by atoms with Crippen molar-refractivity contribution in [1.29, 1.82) is 5.26 Å². The summed E-state index contributed by atoms with van der Waals surface area (Å²) in [5.41, 5.74) is 2.95. The highest BCUT2D eigenvalue weighted by Crippen LogP contribution is 2.51. The highest BCUT2D eigenvalue weighted by Gasteiger charge is 2.49. The van der Waals surface area contributed by atoms with Crippen LogP contribution in [0.15, 0.2) is 60.9 Å². The first kappa shape index (κ1) is 25.1. The number of aromatic nitrogens is 3. The fourth-order valence-electron chi connectivity index (χ4n) is 7.60. The summed E-state index contributed by atoms with van der Waals surface area (Å²) in [6.45, 7) is 6.26. The molecule has 2 saturated heterocycles. The lowest BCUT2D eigenvalue weighted by Gasteiger charge is -2.50. The molecule has 0 radical (unpaired) electrons. The summed E-state index contributed by atoms with van der Waals surface area (Å²) in [5.74, 6) is 1.57. The number of nitriles is 1. The molecule has 3 aromatic rings. The van der Waals surface area contributed by atoms with Gasteiger partial charge in [0.1, 0.15) is 5.82 Å². The molecule has 1 unspecified atom stereocenters. The molecule has 198 valence electrons. The smallest absolute Gasteiger partial charge is 0.123 e. The number of rotatable bonds is 8. The third-order valence-corrected chi connectivity index (χ3v) is 9.49. The molecule has 1 aromatic heterocycles. The lowest BCUT2D eigenvalue weighted by molar-refractivity contribution is 0.0617. The molecule has 0 bridgehead atoms. The van der Waals surface area contributed by atoms with E-state index in [0.717, 1.165) is 57.7 Å². The molecule has 3 fully saturated rings. The van der Waals surface area contributed by atoms with Gasteiger partial charge in [0.15, 0.2) is 0 Å². The van der Waals surface area contributed by atoms with Crippen LogP contribution < -0.4 is 4.90 Å². The summed E-state index contributed by atoms with van der Waals surface area (Å²) in [4.78, 5) is 5.06. The van der Waals surface area contributed by atoms with Gasteiger partial charge in [0.2, 0.25) is 0 Å². The van der Waals surface area contributed by atoms with E-state index in [1.54, 1.807) is 18.3 Å². The maximum absolute atomic E-state index is 14.6. The van der Waals surface area contributed by atoms with Gasteiger partial charge >= 0.3 is 0 Å². The molecular weight excluding hydrogens is 475 g/mol. The molecule has 2 aliphatic heterocycles. The first-order valence-electron chi connectivity index (χ1n) is 14.2. The first-order chi connectivity index (χ1) is 18.6. The van der Waals surface area contributed by atoms with E-state index in [1.165, 1.54) is 31.4 Å². The Morgan fingerprint density at radius 1 is 0.974 bits per heavy atom. The third kappa shape index (κ3) is 4.94. The molecule has 2 aromatic carbocycles. The van der Waals surface area contributed by atoms with E-state index in [9.17, 15) is 4.39 Å². The van der Waals surface area contributed by atoms with Crippen LogP contribution in [0.4, 0.5) is 10.1 Å². The predicted octanol–water partition coefficient (Wildman–Crippen LogP) is 5.27. The average Bonchev–Trinajstić information content (AvgIpc) is 3.65. The Morgan fingerprint density at radius 3 is 2.37 bits per heavy atom. The van der Waals surface area contributed by atoms with Crippen molar-refractivity contribution in [1.82, 2.24) is 19.9 Å². The third-order valence-electron chi connectivity index (χ3n) is 9.49. The van der Waals surface area contributed by atoms with Gasteiger partial charge in [-0.3, -0.25) is 4.68 Å². The van der Waals surface area contributed by atoms with Crippen molar-refractivity contribution < 1.29 is 4.39 Å². The molecule has 6 nitrogen and oxygen atoms in total. The van der Waals surface area contributed by atoms with Crippen molar-refractivity contribution in [2.45, 2.75) is 50.5 Å². The Hall–Kier alpha value is -3.24. The zero-order chi connectivity index (χ0) is 26.0. The van der Waals surface area contributed by atoms with Gasteiger partial charge in [-0.05, 0) is 92.6 Å². The largest absolute Gasteiger partial charge is 0.371 e. The van der Waals surface area contributed by atoms with Gasteiger partial charge in [-0.25, -0.2) is 4.39 Å². The van der Waals surface area contributed by atoms with Gasteiger partial charge in [-0.1, -0.05) is 30.2 Å². The Kier molecular flexibility index (Phi) is 7.16. The number of anilines is 1. The van der Waals surface area contributed by atoms with Gasteiger partial charge in [0, 0.05) is 42.9 Å². The van der Waals surface area contributed by atoms with Crippen molar-refractivity contribution >= 4 is 5.69 Å². The predicted molar refractivity (Wildman–Crippen MR) is 146 cm³/mol. The standard InChI is InChI=1S/C31H37FN6/c32-29-7-3-6-28(18-29)31(26-4-1-2-5-26,23-38-17-14-34-35-38)27-12-15-36(16-13-27)20-25-21-37(22-25)30-10-8-24(19-33)9-11-30/h3,6-11,14,17-18,25-27H,1-2,4-5,12-13,15-16,20-23H2. The molecule has 3 heterocycles. The van der Waals surface area contributed by atoms with Crippen LogP contribution in [0.3, 0.4) is 0 Å². The second-order valence-corrected chi connectivity index (χ2v) is 11.6. The molecule has 38 heavy (non-hydrogen) atoms. The SMILES string of the molecule is N#Cc1ccc(N2CC(CN3CCC(C(Cn4ccnn4)(c4cccc(F)c4)C4CCCC4)CC3)C2)cc1.